The highest BCUT2D eigenvalue weighted by atomic mass is 32.1. The van der Waals surface area contributed by atoms with Crippen molar-refractivity contribution >= 4 is 17.2 Å². The van der Waals surface area contributed by atoms with E-state index in [1.165, 1.54) is 9.75 Å². The minimum atomic E-state index is 0.159. The van der Waals surface area contributed by atoms with E-state index in [4.69, 9.17) is 0 Å². The number of amides is 1. The van der Waals surface area contributed by atoms with E-state index in [0.717, 1.165) is 32.4 Å². The zero-order chi connectivity index (χ0) is 13.0. The van der Waals surface area contributed by atoms with Crippen molar-refractivity contribution < 1.29 is 4.79 Å². The number of nitrogens with one attached hydrogen (secondary N) is 2. The third-order valence-corrected chi connectivity index (χ3v) is 4.38. The monoisotopic (exact) mass is 266 g/mol. The van der Waals surface area contributed by atoms with Crippen LogP contribution in [0.2, 0.25) is 0 Å². The first-order chi connectivity index (χ1) is 8.65. The van der Waals surface area contributed by atoms with Crippen LogP contribution in [0.1, 0.15) is 29.5 Å². The number of rotatable bonds is 4. The summed E-state index contributed by atoms with van der Waals surface area (Å²) in [6.07, 6.45) is 3.06. The minimum absolute atomic E-state index is 0.159. The van der Waals surface area contributed by atoms with Crippen LogP contribution < -0.4 is 10.6 Å². The highest BCUT2D eigenvalue weighted by Crippen LogP contribution is 2.17. The predicted octanol–water partition coefficient (Wildman–Crippen LogP) is 2.10. The molecule has 1 saturated heterocycles. The van der Waals surface area contributed by atoms with Crippen LogP contribution in [0.5, 0.6) is 0 Å². The summed E-state index contributed by atoms with van der Waals surface area (Å²) in [5.41, 5.74) is 0. The normalized spacial score (nSPS) is 21.6. The molecule has 2 N–H and O–H groups in total. The molecule has 1 aromatic rings. The number of carbonyl (C=O) groups excluding carboxylic acids is 1. The van der Waals surface area contributed by atoms with E-state index in [2.05, 4.69) is 36.6 Å². The molecule has 0 spiro atoms. The Balaban J connectivity index is 1.79. The van der Waals surface area contributed by atoms with E-state index in [1.54, 1.807) is 0 Å². The Hall–Kier alpha value is -0.870. The number of aryl methyl sites for hydroxylation is 1. The van der Waals surface area contributed by atoms with Crippen LogP contribution in [0.3, 0.4) is 0 Å². The fraction of sp³-hybridized carbons (Fsp3) is 0.643. The highest BCUT2D eigenvalue weighted by molar-refractivity contribution is 7.11. The Labute approximate surface area is 113 Å². The molecule has 2 heterocycles. The van der Waals surface area contributed by atoms with Crippen molar-refractivity contribution in [2.75, 3.05) is 13.1 Å². The lowest BCUT2D eigenvalue weighted by atomic mass is 9.98. The first kappa shape index (κ1) is 13.6. The second kappa shape index (κ2) is 6.34. The average molecular weight is 266 g/mol. The maximum atomic E-state index is 12.1. The lowest BCUT2D eigenvalue weighted by Gasteiger charge is -2.23. The Kier molecular flexibility index (Phi) is 4.78. The molecule has 4 heteroatoms. The summed E-state index contributed by atoms with van der Waals surface area (Å²) >= 11 is 1.82. The fourth-order valence-electron chi connectivity index (χ4n) is 2.38. The lowest BCUT2D eigenvalue weighted by Crippen LogP contribution is -2.44. The number of hydrogen-bond donors (Lipinski definition) is 2. The van der Waals surface area contributed by atoms with Crippen molar-refractivity contribution in [1.82, 2.24) is 10.6 Å². The first-order valence-corrected chi connectivity index (χ1v) is 7.53. The third-order valence-electron chi connectivity index (χ3n) is 3.36. The summed E-state index contributed by atoms with van der Waals surface area (Å²) in [5.74, 6) is 0.370. The van der Waals surface area contributed by atoms with Gasteiger partial charge in [0.25, 0.3) is 0 Å². The highest BCUT2D eigenvalue weighted by Gasteiger charge is 2.22. The zero-order valence-corrected chi connectivity index (χ0v) is 12.0. The van der Waals surface area contributed by atoms with E-state index < -0.39 is 0 Å². The molecule has 100 valence electrons. The van der Waals surface area contributed by atoms with E-state index >= 15 is 0 Å². The van der Waals surface area contributed by atoms with Crippen LogP contribution in [-0.2, 0) is 11.2 Å². The van der Waals surface area contributed by atoms with Gasteiger partial charge in [-0.25, -0.2) is 0 Å². The van der Waals surface area contributed by atoms with E-state index in [0.29, 0.717) is 0 Å². The molecule has 2 rings (SSSR count). The number of carbonyl (C=O) groups is 1. The largest absolute Gasteiger partial charge is 0.353 e. The second-order valence-electron chi connectivity index (χ2n) is 5.17. The van der Waals surface area contributed by atoms with Gasteiger partial charge in [0, 0.05) is 28.8 Å². The van der Waals surface area contributed by atoms with Crippen molar-refractivity contribution in [2.24, 2.45) is 5.92 Å². The molecule has 1 aromatic heterocycles. The minimum Gasteiger partial charge on any atom is -0.353 e. The summed E-state index contributed by atoms with van der Waals surface area (Å²) in [4.78, 5) is 14.7. The van der Waals surface area contributed by atoms with Gasteiger partial charge in [-0.15, -0.1) is 11.3 Å². The number of piperidine rings is 1. The van der Waals surface area contributed by atoms with E-state index in [-0.39, 0.29) is 17.9 Å². The molecule has 0 radical (unpaired) electrons. The average Bonchev–Trinajstić information content (AvgIpc) is 2.75. The van der Waals surface area contributed by atoms with E-state index in [9.17, 15) is 4.79 Å². The Bertz CT molecular complexity index is 396. The topological polar surface area (TPSA) is 41.1 Å². The molecule has 1 aliphatic rings. The maximum absolute atomic E-state index is 12.1. The Morgan fingerprint density at radius 2 is 2.44 bits per heavy atom. The molecule has 3 nitrogen and oxygen atoms in total. The molecular formula is C14H22N2OS. The van der Waals surface area contributed by atoms with E-state index in [1.807, 2.05) is 11.3 Å². The van der Waals surface area contributed by atoms with Gasteiger partial charge >= 0.3 is 0 Å². The van der Waals surface area contributed by atoms with Crippen LogP contribution in [0.15, 0.2) is 12.1 Å². The molecule has 0 saturated carbocycles. The van der Waals surface area contributed by atoms with Gasteiger partial charge < -0.3 is 10.6 Å². The summed E-state index contributed by atoms with van der Waals surface area (Å²) in [5, 5.41) is 6.42. The predicted molar refractivity (Wildman–Crippen MR) is 76.0 cm³/mol. The standard InChI is InChI=1S/C14H22N2OS/c1-10(8-13-6-5-11(2)18-13)16-14(17)12-4-3-7-15-9-12/h5-6,10,12,15H,3-4,7-9H2,1-2H3,(H,16,17). The van der Waals surface area contributed by atoms with Crippen molar-refractivity contribution in [1.29, 1.82) is 0 Å². The Morgan fingerprint density at radius 1 is 1.61 bits per heavy atom. The van der Waals surface area contributed by atoms with Gasteiger partial charge in [-0.2, -0.15) is 0 Å². The number of thiophene rings is 1. The van der Waals surface area contributed by atoms with Gasteiger partial charge in [-0.1, -0.05) is 0 Å². The molecule has 1 amide bonds. The molecular weight excluding hydrogens is 244 g/mol. The van der Waals surface area contributed by atoms with Crippen molar-refractivity contribution in [3.63, 3.8) is 0 Å². The molecule has 18 heavy (non-hydrogen) atoms. The Morgan fingerprint density at radius 3 is 3.06 bits per heavy atom. The molecule has 1 fully saturated rings. The van der Waals surface area contributed by atoms with Crippen LogP contribution in [0.25, 0.3) is 0 Å². The quantitative estimate of drug-likeness (QED) is 0.876. The number of hydrogen-bond acceptors (Lipinski definition) is 3. The molecule has 1 aliphatic heterocycles. The first-order valence-electron chi connectivity index (χ1n) is 6.71. The van der Waals surface area contributed by atoms with Crippen LogP contribution >= 0.6 is 11.3 Å². The SMILES string of the molecule is Cc1ccc(CC(C)NC(=O)C2CCCNC2)s1. The molecule has 0 bridgehead atoms. The van der Waals surface area contributed by atoms with Gasteiger partial charge in [0.2, 0.25) is 5.91 Å². The van der Waals surface area contributed by atoms with Gasteiger partial charge in [0.15, 0.2) is 0 Å². The maximum Gasteiger partial charge on any atom is 0.224 e. The van der Waals surface area contributed by atoms with Crippen molar-refractivity contribution in [3.8, 4) is 0 Å². The second-order valence-corrected chi connectivity index (χ2v) is 6.54. The van der Waals surface area contributed by atoms with Crippen molar-refractivity contribution in [3.05, 3.63) is 21.9 Å². The van der Waals surface area contributed by atoms with Gasteiger partial charge in [0.05, 0.1) is 5.92 Å². The van der Waals surface area contributed by atoms with Crippen molar-refractivity contribution in [2.45, 2.75) is 39.2 Å². The van der Waals surface area contributed by atoms with Crippen LogP contribution in [0.4, 0.5) is 0 Å². The lowest BCUT2D eigenvalue weighted by molar-refractivity contribution is -0.126. The van der Waals surface area contributed by atoms with Gasteiger partial charge in [-0.05, 0) is 45.4 Å². The summed E-state index contributed by atoms with van der Waals surface area (Å²) < 4.78 is 0. The zero-order valence-electron chi connectivity index (χ0n) is 11.2. The van der Waals surface area contributed by atoms with Gasteiger partial charge in [-0.3, -0.25) is 4.79 Å². The summed E-state index contributed by atoms with van der Waals surface area (Å²) in [6.45, 7) is 6.08. The fourth-order valence-corrected chi connectivity index (χ4v) is 3.40. The van der Waals surface area contributed by atoms with Crippen LogP contribution in [0, 0.1) is 12.8 Å². The smallest absolute Gasteiger partial charge is 0.224 e. The summed E-state index contributed by atoms with van der Waals surface area (Å²) in [6, 6.07) is 4.52. The molecule has 2 unspecified atom stereocenters. The molecule has 0 aliphatic carbocycles. The third kappa shape index (κ3) is 3.82. The van der Waals surface area contributed by atoms with Crippen LogP contribution in [-0.4, -0.2) is 25.0 Å². The molecule has 0 aromatic carbocycles. The molecule has 2 atom stereocenters. The summed E-state index contributed by atoms with van der Waals surface area (Å²) in [7, 11) is 0. The van der Waals surface area contributed by atoms with Gasteiger partial charge in [0.1, 0.15) is 0 Å².